The van der Waals surface area contributed by atoms with E-state index in [9.17, 15) is 9.59 Å². The molecule has 0 spiro atoms. The predicted molar refractivity (Wildman–Crippen MR) is 117 cm³/mol. The molecule has 1 fully saturated rings. The molecule has 1 aliphatic rings. The molecule has 144 valence electrons. The summed E-state index contributed by atoms with van der Waals surface area (Å²) in [5.41, 5.74) is 2.53. The lowest BCUT2D eigenvalue weighted by molar-refractivity contribution is -0.121. The van der Waals surface area contributed by atoms with Gasteiger partial charge in [-0.3, -0.25) is 9.69 Å². The first-order chi connectivity index (χ1) is 13.1. The minimum absolute atomic E-state index is 0.0321. The van der Waals surface area contributed by atoms with Crippen LogP contribution in [-0.4, -0.2) is 28.1 Å². The van der Waals surface area contributed by atoms with Gasteiger partial charge in [-0.1, -0.05) is 69.0 Å². The fourth-order valence-corrected chi connectivity index (χ4v) is 3.78. The lowest BCUT2D eigenvalue weighted by atomic mass is 9.87. The van der Waals surface area contributed by atoms with E-state index in [-0.39, 0.29) is 11.3 Å². The molecular weight excluding hydrogens is 390 g/mol. The van der Waals surface area contributed by atoms with Gasteiger partial charge in [0.1, 0.15) is 10.1 Å². The molecule has 0 N–H and O–H groups in total. The van der Waals surface area contributed by atoms with Gasteiger partial charge in [0.25, 0.3) is 5.91 Å². The van der Waals surface area contributed by atoms with E-state index in [4.69, 9.17) is 17.0 Å². The molecule has 1 saturated heterocycles. The van der Waals surface area contributed by atoms with Crippen LogP contribution in [0.1, 0.15) is 42.3 Å². The van der Waals surface area contributed by atoms with Gasteiger partial charge in [-0.05, 0) is 46.9 Å². The second-order valence-corrected chi connectivity index (χ2v) is 9.20. The van der Waals surface area contributed by atoms with Crippen LogP contribution in [0.4, 0.5) is 0 Å². The Hall–Kier alpha value is -2.44. The summed E-state index contributed by atoms with van der Waals surface area (Å²) >= 11 is 6.40. The molecule has 28 heavy (non-hydrogen) atoms. The van der Waals surface area contributed by atoms with Gasteiger partial charge in [0.2, 0.25) is 0 Å². The molecule has 0 aliphatic carbocycles. The van der Waals surface area contributed by atoms with Crippen LogP contribution < -0.4 is 4.74 Å². The van der Waals surface area contributed by atoms with Crippen molar-refractivity contribution in [2.75, 3.05) is 7.05 Å². The third kappa shape index (κ3) is 4.51. The first-order valence-corrected chi connectivity index (χ1v) is 10.0. The van der Waals surface area contributed by atoms with Crippen LogP contribution >= 0.6 is 24.0 Å². The quantitative estimate of drug-likeness (QED) is 0.307. The molecule has 4 nitrogen and oxygen atoms in total. The average Bonchev–Trinajstić information content (AvgIpc) is 2.89. The van der Waals surface area contributed by atoms with Crippen molar-refractivity contribution in [3.63, 3.8) is 0 Å². The Balaban J connectivity index is 1.68. The molecule has 0 bridgehead atoms. The van der Waals surface area contributed by atoms with Gasteiger partial charge in [-0.2, -0.15) is 0 Å². The van der Waals surface area contributed by atoms with Crippen LogP contribution in [0.25, 0.3) is 6.08 Å². The number of rotatable bonds is 3. The zero-order valence-corrected chi connectivity index (χ0v) is 17.8. The molecule has 0 unspecified atom stereocenters. The molecule has 6 heteroatoms. The lowest BCUT2D eigenvalue weighted by Gasteiger charge is -2.18. The van der Waals surface area contributed by atoms with Crippen molar-refractivity contribution < 1.29 is 14.3 Å². The van der Waals surface area contributed by atoms with Crippen molar-refractivity contribution in [3.05, 3.63) is 70.1 Å². The summed E-state index contributed by atoms with van der Waals surface area (Å²) < 4.78 is 5.99. The average molecular weight is 412 g/mol. The number of hydrogen-bond donors (Lipinski definition) is 0. The Morgan fingerprint density at radius 2 is 1.68 bits per heavy atom. The third-order valence-corrected chi connectivity index (χ3v) is 5.85. The van der Waals surface area contributed by atoms with E-state index in [0.717, 1.165) is 11.1 Å². The Bertz CT molecular complexity index is 955. The van der Waals surface area contributed by atoms with E-state index >= 15 is 0 Å². The van der Waals surface area contributed by atoms with E-state index in [1.807, 2.05) is 12.1 Å². The standard InChI is InChI=1S/C22H21NO3S2/c1-22(2,3)16-9-7-15(8-10-16)20(25)26-17-11-5-14(6-12-17)13-18-19(24)23(4)21(27)28-18/h5-13H,1-4H3/b18-13+. The van der Waals surface area contributed by atoms with Gasteiger partial charge in [0, 0.05) is 7.05 Å². The SMILES string of the molecule is CN1C(=O)/C(=C\c2ccc(OC(=O)c3ccc(C(C)(C)C)cc3)cc2)SC1=S. The van der Waals surface area contributed by atoms with Gasteiger partial charge in [-0.15, -0.1) is 0 Å². The minimum atomic E-state index is -0.403. The predicted octanol–water partition coefficient (Wildman–Crippen LogP) is 5.03. The highest BCUT2D eigenvalue weighted by Crippen LogP contribution is 2.31. The molecule has 3 rings (SSSR count). The number of nitrogens with zero attached hydrogens (tertiary/aromatic N) is 1. The highest BCUT2D eigenvalue weighted by Gasteiger charge is 2.28. The van der Waals surface area contributed by atoms with Crippen LogP contribution in [-0.2, 0) is 10.2 Å². The molecule has 1 heterocycles. The normalized spacial score (nSPS) is 16.0. The molecule has 0 radical (unpaired) electrons. The van der Waals surface area contributed by atoms with E-state index in [1.165, 1.54) is 16.7 Å². The number of esters is 1. The molecule has 0 saturated carbocycles. The van der Waals surface area contributed by atoms with Gasteiger partial charge >= 0.3 is 5.97 Å². The summed E-state index contributed by atoms with van der Waals surface area (Å²) in [7, 11) is 1.66. The van der Waals surface area contributed by atoms with E-state index in [2.05, 4.69) is 20.8 Å². The maximum absolute atomic E-state index is 12.4. The molecule has 0 atom stereocenters. The number of thiocarbonyl (C=S) groups is 1. The van der Waals surface area contributed by atoms with Crippen molar-refractivity contribution >= 4 is 46.3 Å². The first kappa shape index (κ1) is 20.3. The fraction of sp³-hybridized carbons (Fsp3) is 0.227. The fourth-order valence-electron chi connectivity index (χ4n) is 2.60. The second kappa shape index (κ2) is 7.89. The number of amides is 1. The van der Waals surface area contributed by atoms with Gasteiger partial charge in [0.05, 0.1) is 10.5 Å². The number of ether oxygens (including phenoxy) is 1. The molecule has 1 amide bonds. The van der Waals surface area contributed by atoms with Crippen LogP contribution in [0.15, 0.2) is 53.4 Å². The summed E-state index contributed by atoms with van der Waals surface area (Å²) in [6.45, 7) is 6.38. The van der Waals surface area contributed by atoms with E-state index in [1.54, 1.807) is 49.5 Å². The Labute approximate surface area is 174 Å². The maximum atomic E-state index is 12.4. The third-order valence-electron chi connectivity index (χ3n) is 4.36. The molecule has 2 aromatic rings. The van der Waals surface area contributed by atoms with Gasteiger partial charge in [-0.25, -0.2) is 4.79 Å². The van der Waals surface area contributed by atoms with Crippen molar-refractivity contribution in [2.45, 2.75) is 26.2 Å². The molecule has 0 aromatic heterocycles. The second-order valence-electron chi connectivity index (χ2n) is 7.53. The number of hydrogen-bond acceptors (Lipinski definition) is 5. The molecule has 2 aromatic carbocycles. The number of thioether (sulfide) groups is 1. The lowest BCUT2D eigenvalue weighted by Crippen LogP contribution is -2.22. The van der Waals surface area contributed by atoms with Crippen LogP contribution in [0.3, 0.4) is 0 Å². The monoisotopic (exact) mass is 411 g/mol. The Kier molecular flexibility index (Phi) is 5.72. The van der Waals surface area contributed by atoms with Crippen molar-refractivity contribution in [1.82, 2.24) is 4.90 Å². The summed E-state index contributed by atoms with van der Waals surface area (Å²) in [6, 6.07) is 14.5. The number of likely N-dealkylation sites (N-methyl/N-ethyl adjacent to an activating group) is 1. The van der Waals surface area contributed by atoms with Crippen molar-refractivity contribution in [2.24, 2.45) is 0 Å². The maximum Gasteiger partial charge on any atom is 0.343 e. The summed E-state index contributed by atoms with van der Waals surface area (Å²) in [5.74, 6) is -0.0608. The van der Waals surface area contributed by atoms with Crippen LogP contribution in [0.5, 0.6) is 5.75 Å². The number of benzene rings is 2. The van der Waals surface area contributed by atoms with E-state index in [0.29, 0.717) is 20.5 Å². The van der Waals surface area contributed by atoms with Crippen molar-refractivity contribution in [1.29, 1.82) is 0 Å². The van der Waals surface area contributed by atoms with Crippen LogP contribution in [0.2, 0.25) is 0 Å². The van der Waals surface area contributed by atoms with Crippen LogP contribution in [0, 0.1) is 0 Å². The number of carbonyl (C=O) groups excluding carboxylic acids is 2. The minimum Gasteiger partial charge on any atom is -0.423 e. The largest absolute Gasteiger partial charge is 0.423 e. The van der Waals surface area contributed by atoms with Gasteiger partial charge < -0.3 is 4.74 Å². The van der Waals surface area contributed by atoms with Crippen molar-refractivity contribution in [3.8, 4) is 5.75 Å². The summed E-state index contributed by atoms with van der Waals surface area (Å²) in [4.78, 5) is 26.4. The highest BCUT2D eigenvalue weighted by molar-refractivity contribution is 8.26. The highest BCUT2D eigenvalue weighted by atomic mass is 32.2. The van der Waals surface area contributed by atoms with Gasteiger partial charge in [0.15, 0.2) is 0 Å². The molecule has 1 aliphatic heterocycles. The number of carbonyl (C=O) groups is 2. The zero-order chi connectivity index (χ0) is 20.5. The topological polar surface area (TPSA) is 46.6 Å². The van der Waals surface area contributed by atoms with E-state index < -0.39 is 5.97 Å². The summed E-state index contributed by atoms with van der Waals surface area (Å²) in [6.07, 6.45) is 1.78. The molecular formula is C22H21NO3S2. The smallest absolute Gasteiger partial charge is 0.343 e. The Morgan fingerprint density at radius 1 is 1.07 bits per heavy atom. The first-order valence-electron chi connectivity index (χ1n) is 8.79. The Morgan fingerprint density at radius 3 is 2.18 bits per heavy atom. The zero-order valence-electron chi connectivity index (χ0n) is 16.2. The summed E-state index contributed by atoms with van der Waals surface area (Å²) in [5, 5.41) is 0.